The first-order valence-corrected chi connectivity index (χ1v) is 5.89. The predicted octanol–water partition coefficient (Wildman–Crippen LogP) is 3.53. The average Bonchev–Trinajstić information content (AvgIpc) is 1.78. The highest BCUT2D eigenvalue weighted by Gasteiger charge is 2.35. The van der Waals surface area contributed by atoms with Crippen molar-refractivity contribution in [2.75, 3.05) is 0 Å². The van der Waals surface area contributed by atoms with Crippen LogP contribution in [0.25, 0.3) is 0 Å². The van der Waals surface area contributed by atoms with Crippen molar-refractivity contribution in [2.24, 2.45) is 0 Å². The molecule has 4 nitrogen and oxygen atoms in total. The lowest BCUT2D eigenvalue weighted by Crippen LogP contribution is -2.24. The van der Waals surface area contributed by atoms with E-state index in [1.807, 2.05) is 0 Å². The number of rotatable bonds is 3. The van der Waals surface area contributed by atoms with Gasteiger partial charge in [-0.15, -0.1) is 0 Å². The summed E-state index contributed by atoms with van der Waals surface area (Å²) >= 11 is 0. The minimum Gasteiger partial charge on any atom is -0.284 e. The zero-order valence-corrected chi connectivity index (χ0v) is 10.7. The van der Waals surface area contributed by atoms with Gasteiger partial charge in [-0.25, -0.2) is 4.57 Å². The maximum absolute atomic E-state index is 11.9. The number of hydrogen-bond acceptors (Lipinski definition) is 4. The molecule has 0 aromatic rings. The lowest BCUT2D eigenvalue weighted by Gasteiger charge is -2.29. The second-order valence-corrected chi connectivity index (χ2v) is 6.50. The average molecular weight is 223 g/mol. The van der Waals surface area contributed by atoms with Crippen molar-refractivity contribution >= 4 is 7.82 Å². The van der Waals surface area contributed by atoms with Gasteiger partial charge < -0.3 is 0 Å². The van der Waals surface area contributed by atoms with Crippen LogP contribution >= 0.6 is 7.82 Å². The Morgan fingerprint density at radius 1 is 0.929 bits per heavy atom. The van der Waals surface area contributed by atoms with E-state index in [9.17, 15) is 4.57 Å². The summed E-state index contributed by atoms with van der Waals surface area (Å²) in [6, 6.07) is 0. The van der Waals surface area contributed by atoms with Gasteiger partial charge in [0.15, 0.2) is 0 Å². The Bertz CT molecular complexity index is 204. The van der Waals surface area contributed by atoms with Crippen LogP contribution in [0.2, 0.25) is 0 Å². The lowest BCUT2D eigenvalue weighted by molar-refractivity contribution is 0.0151. The minimum absolute atomic E-state index is 0.599. The van der Waals surface area contributed by atoms with Gasteiger partial charge in [0.1, 0.15) is 0 Å². The van der Waals surface area contributed by atoms with E-state index in [4.69, 9.17) is 9.05 Å². The number of hydrogen-bond donors (Lipinski definition) is 0. The van der Waals surface area contributed by atoms with Gasteiger partial charge in [-0.05, 0) is 41.5 Å². The van der Waals surface area contributed by atoms with Crippen LogP contribution in [0.4, 0.5) is 0 Å². The third-order valence-electron chi connectivity index (χ3n) is 0.929. The summed E-state index contributed by atoms with van der Waals surface area (Å²) in [4.78, 5) is 0. The van der Waals surface area contributed by atoms with Crippen molar-refractivity contribution in [1.82, 2.24) is 0 Å². The van der Waals surface area contributed by atoms with Gasteiger partial charge in [0.2, 0.25) is 0 Å². The molecule has 0 N–H and O–H groups in total. The topological polar surface area (TPSA) is 44.8 Å². The summed E-state index contributed by atoms with van der Waals surface area (Å²) in [5.41, 5.74) is -1.20. The summed E-state index contributed by atoms with van der Waals surface area (Å²) < 4.78 is 26.8. The minimum atomic E-state index is -3.55. The SMILES string of the molecule is [CH2]OP(=O)(OC(C)(C)C)OC(C)(C)C. The molecule has 0 aromatic carbocycles. The maximum atomic E-state index is 11.9. The molecule has 5 heteroatoms. The molecule has 0 rings (SSSR count). The third kappa shape index (κ3) is 6.55. The summed E-state index contributed by atoms with van der Waals surface area (Å²) in [7, 11) is -0.441. The Morgan fingerprint density at radius 2 is 1.21 bits per heavy atom. The van der Waals surface area contributed by atoms with E-state index >= 15 is 0 Å². The molecule has 1 radical (unpaired) electrons. The first-order chi connectivity index (χ1) is 5.97. The maximum Gasteiger partial charge on any atom is 0.475 e. The molecule has 0 spiro atoms. The van der Waals surface area contributed by atoms with E-state index in [-0.39, 0.29) is 0 Å². The second-order valence-electron chi connectivity index (χ2n) is 4.98. The smallest absolute Gasteiger partial charge is 0.284 e. The van der Waals surface area contributed by atoms with Crippen molar-refractivity contribution in [3.05, 3.63) is 7.11 Å². The normalized spacial score (nSPS) is 14.5. The van der Waals surface area contributed by atoms with Crippen LogP contribution in [-0.4, -0.2) is 11.2 Å². The molecule has 0 saturated heterocycles. The Kier molecular flexibility index (Phi) is 4.35. The van der Waals surface area contributed by atoms with E-state index in [2.05, 4.69) is 11.6 Å². The molecule has 0 atom stereocenters. The van der Waals surface area contributed by atoms with E-state index in [1.54, 1.807) is 41.5 Å². The zero-order chi connectivity index (χ0) is 11.6. The van der Waals surface area contributed by atoms with Gasteiger partial charge in [-0.2, -0.15) is 0 Å². The summed E-state index contributed by atoms with van der Waals surface area (Å²) in [6.45, 7) is 10.6. The molecular formula is C9H20O4P. The van der Waals surface area contributed by atoms with E-state index in [1.165, 1.54) is 0 Å². The van der Waals surface area contributed by atoms with Gasteiger partial charge in [0.25, 0.3) is 0 Å². The molecule has 0 aliphatic heterocycles. The molecule has 14 heavy (non-hydrogen) atoms. The second kappa shape index (κ2) is 4.31. The van der Waals surface area contributed by atoms with Gasteiger partial charge in [-0.1, -0.05) is 0 Å². The zero-order valence-electron chi connectivity index (χ0n) is 9.79. The monoisotopic (exact) mass is 223 g/mol. The molecule has 0 heterocycles. The molecule has 0 aromatic heterocycles. The van der Waals surface area contributed by atoms with Gasteiger partial charge >= 0.3 is 7.82 Å². The van der Waals surface area contributed by atoms with Crippen LogP contribution in [0.5, 0.6) is 0 Å². The van der Waals surface area contributed by atoms with Crippen LogP contribution < -0.4 is 0 Å². The summed E-state index contributed by atoms with van der Waals surface area (Å²) in [6.07, 6.45) is 0. The van der Waals surface area contributed by atoms with Gasteiger partial charge in [0.05, 0.1) is 18.3 Å². The lowest BCUT2D eigenvalue weighted by atomic mass is 10.2. The molecule has 0 bridgehead atoms. The predicted molar refractivity (Wildman–Crippen MR) is 55.7 cm³/mol. The van der Waals surface area contributed by atoms with Crippen molar-refractivity contribution in [3.8, 4) is 0 Å². The Morgan fingerprint density at radius 3 is 1.36 bits per heavy atom. The van der Waals surface area contributed by atoms with E-state index in [0.29, 0.717) is 0 Å². The van der Waals surface area contributed by atoms with Crippen LogP contribution in [0.15, 0.2) is 0 Å². The van der Waals surface area contributed by atoms with Crippen molar-refractivity contribution in [2.45, 2.75) is 52.7 Å². The highest BCUT2D eigenvalue weighted by Crippen LogP contribution is 2.54. The standard InChI is InChI=1S/C9H20O4P/c1-8(2,3)12-14(10,11-7)13-9(4,5)6/h7H2,1-6H3. The Balaban J connectivity index is 4.59. The van der Waals surface area contributed by atoms with Gasteiger partial charge in [-0.3, -0.25) is 13.6 Å². The third-order valence-corrected chi connectivity index (χ3v) is 2.79. The molecule has 0 fully saturated rings. The molecule has 0 saturated carbocycles. The number of phosphoric acid groups is 1. The molecule has 0 amide bonds. The first kappa shape index (κ1) is 14.1. The Labute approximate surface area is 86.5 Å². The highest BCUT2D eigenvalue weighted by atomic mass is 31.2. The molecule has 0 unspecified atom stereocenters. The Hall–Kier alpha value is 0.110. The van der Waals surface area contributed by atoms with Crippen LogP contribution in [0.3, 0.4) is 0 Å². The summed E-state index contributed by atoms with van der Waals surface area (Å²) in [5.74, 6) is 0. The first-order valence-electron chi connectivity index (χ1n) is 4.43. The van der Waals surface area contributed by atoms with Crippen molar-refractivity contribution < 1.29 is 18.1 Å². The quantitative estimate of drug-likeness (QED) is 0.686. The fourth-order valence-electron chi connectivity index (χ4n) is 0.742. The van der Waals surface area contributed by atoms with Crippen LogP contribution in [0.1, 0.15) is 41.5 Å². The molecular weight excluding hydrogens is 203 g/mol. The van der Waals surface area contributed by atoms with Gasteiger partial charge in [0, 0.05) is 0 Å². The molecule has 85 valence electrons. The van der Waals surface area contributed by atoms with Crippen molar-refractivity contribution in [1.29, 1.82) is 0 Å². The van der Waals surface area contributed by atoms with E-state index in [0.717, 1.165) is 0 Å². The fraction of sp³-hybridized carbons (Fsp3) is 0.889. The van der Waals surface area contributed by atoms with Crippen LogP contribution in [0, 0.1) is 7.11 Å². The molecule has 0 aliphatic rings. The number of phosphoric ester groups is 1. The van der Waals surface area contributed by atoms with E-state index < -0.39 is 19.0 Å². The highest BCUT2D eigenvalue weighted by molar-refractivity contribution is 7.48. The molecule has 0 aliphatic carbocycles. The van der Waals surface area contributed by atoms with Crippen molar-refractivity contribution in [3.63, 3.8) is 0 Å². The fourth-order valence-corrected chi connectivity index (χ4v) is 2.23. The van der Waals surface area contributed by atoms with Crippen LogP contribution in [-0.2, 0) is 18.1 Å². The summed E-state index contributed by atoms with van der Waals surface area (Å²) in [5, 5.41) is 0. The largest absolute Gasteiger partial charge is 0.475 e.